The van der Waals surface area contributed by atoms with Crippen LogP contribution in [-0.2, 0) is 4.79 Å². The van der Waals surface area contributed by atoms with Gasteiger partial charge in [0, 0.05) is 6.54 Å². The SMILES string of the molecule is CCCC(C)(NCC(C)(C)O)C(=O)O. The van der Waals surface area contributed by atoms with E-state index < -0.39 is 17.1 Å². The summed E-state index contributed by atoms with van der Waals surface area (Å²) < 4.78 is 0. The summed E-state index contributed by atoms with van der Waals surface area (Å²) in [5.41, 5.74) is -1.82. The molecular formula is C10H21NO3. The minimum atomic E-state index is -0.936. The molecule has 0 aliphatic carbocycles. The summed E-state index contributed by atoms with van der Waals surface area (Å²) in [5, 5.41) is 21.4. The third-order valence-electron chi connectivity index (χ3n) is 2.13. The second-order valence-corrected chi connectivity index (χ2v) is 4.55. The molecule has 0 saturated carbocycles. The first-order valence-electron chi connectivity index (χ1n) is 4.92. The number of β-amino-alcohol motifs (C(OH)–C–C–N with tert-alkyl or cyclic N) is 1. The standard InChI is InChI=1S/C10H21NO3/c1-5-6-10(4,8(12)13)11-7-9(2,3)14/h11,14H,5-7H2,1-4H3,(H,12,13). The highest BCUT2D eigenvalue weighted by atomic mass is 16.4. The molecule has 84 valence electrons. The Morgan fingerprint density at radius 1 is 1.36 bits per heavy atom. The van der Waals surface area contributed by atoms with Crippen molar-refractivity contribution >= 4 is 5.97 Å². The fourth-order valence-corrected chi connectivity index (χ4v) is 1.18. The summed E-state index contributed by atoms with van der Waals surface area (Å²) in [7, 11) is 0. The number of rotatable bonds is 6. The quantitative estimate of drug-likeness (QED) is 0.602. The van der Waals surface area contributed by atoms with Crippen molar-refractivity contribution in [2.75, 3.05) is 6.54 Å². The van der Waals surface area contributed by atoms with Gasteiger partial charge in [0.2, 0.25) is 0 Å². The van der Waals surface area contributed by atoms with Crippen molar-refractivity contribution in [3.05, 3.63) is 0 Å². The van der Waals surface area contributed by atoms with Crippen molar-refractivity contribution in [1.29, 1.82) is 0 Å². The number of aliphatic carboxylic acids is 1. The van der Waals surface area contributed by atoms with Gasteiger partial charge in [-0.25, -0.2) is 0 Å². The van der Waals surface area contributed by atoms with Crippen molar-refractivity contribution in [3.63, 3.8) is 0 Å². The van der Waals surface area contributed by atoms with E-state index in [1.54, 1.807) is 20.8 Å². The molecule has 0 amide bonds. The third-order valence-corrected chi connectivity index (χ3v) is 2.13. The van der Waals surface area contributed by atoms with Gasteiger partial charge in [-0.1, -0.05) is 13.3 Å². The van der Waals surface area contributed by atoms with E-state index in [1.807, 2.05) is 6.92 Å². The first-order chi connectivity index (χ1) is 6.21. The first kappa shape index (κ1) is 13.4. The Labute approximate surface area is 85.3 Å². The van der Waals surface area contributed by atoms with E-state index in [9.17, 15) is 9.90 Å². The van der Waals surface area contributed by atoms with Crippen molar-refractivity contribution < 1.29 is 15.0 Å². The second-order valence-electron chi connectivity index (χ2n) is 4.55. The Bertz CT molecular complexity index is 198. The van der Waals surface area contributed by atoms with Gasteiger partial charge in [0.1, 0.15) is 5.54 Å². The Hall–Kier alpha value is -0.610. The molecule has 0 bridgehead atoms. The molecule has 0 heterocycles. The number of hydrogen-bond donors (Lipinski definition) is 3. The molecule has 0 fully saturated rings. The smallest absolute Gasteiger partial charge is 0.323 e. The lowest BCUT2D eigenvalue weighted by Gasteiger charge is -2.29. The lowest BCUT2D eigenvalue weighted by molar-refractivity contribution is -0.144. The van der Waals surface area contributed by atoms with E-state index in [-0.39, 0.29) is 6.54 Å². The fourth-order valence-electron chi connectivity index (χ4n) is 1.18. The Morgan fingerprint density at radius 2 is 1.86 bits per heavy atom. The van der Waals surface area contributed by atoms with Crippen molar-refractivity contribution in [2.24, 2.45) is 0 Å². The van der Waals surface area contributed by atoms with Gasteiger partial charge in [-0.3, -0.25) is 10.1 Å². The average Bonchev–Trinajstić information content (AvgIpc) is 2.00. The summed E-state index contributed by atoms with van der Waals surface area (Å²) >= 11 is 0. The van der Waals surface area contributed by atoms with Crippen LogP contribution < -0.4 is 5.32 Å². The molecule has 4 heteroatoms. The lowest BCUT2D eigenvalue weighted by Crippen LogP contribution is -2.53. The van der Waals surface area contributed by atoms with Crippen LogP contribution in [0, 0.1) is 0 Å². The molecule has 0 saturated heterocycles. The molecule has 14 heavy (non-hydrogen) atoms. The van der Waals surface area contributed by atoms with E-state index in [0.717, 1.165) is 6.42 Å². The van der Waals surface area contributed by atoms with Crippen LogP contribution >= 0.6 is 0 Å². The van der Waals surface area contributed by atoms with Crippen LogP contribution in [0.25, 0.3) is 0 Å². The van der Waals surface area contributed by atoms with Crippen molar-refractivity contribution in [3.8, 4) is 0 Å². The van der Waals surface area contributed by atoms with Gasteiger partial charge >= 0.3 is 5.97 Å². The highest BCUT2D eigenvalue weighted by molar-refractivity contribution is 5.78. The minimum absolute atomic E-state index is 0.274. The zero-order valence-corrected chi connectivity index (χ0v) is 9.42. The highest BCUT2D eigenvalue weighted by Crippen LogP contribution is 2.13. The van der Waals surface area contributed by atoms with E-state index in [4.69, 9.17) is 5.11 Å². The Kier molecular flexibility index (Phi) is 4.55. The highest BCUT2D eigenvalue weighted by Gasteiger charge is 2.32. The lowest BCUT2D eigenvalue weighted by atomic mass is 9.95. The summed E-state index contributed by atoms with van der Waals surface area (Å²) in [6.07, 6.45) is 1.35. The van der Waals surface area contributed by atoms with E-state index in [0.29, 0.717) is 6.42 Å². The first-order valence-corrected chi connectivity index (χ1v) is 4.92. The molecule has 0 aliphatic heterocycles. The van der Waals surface area contributed by atoms with Crippen LogP contribution in [0.3, 0.4) is 0 Å². The summed E-state index contributed by atoms with van der Waals surface area (Å²) in [6, 6.07) is 0. The molecular weight excluding hydrogens is 182 g/mol. The maximum absolute atomic E-state index is 11.0. The molecule has 0 aromatic carbocycles. The van der Waals surface area contributed by atoms with Gasteiger partial charge in [-0.15, -0.1) is 0 Å². The molecule has 0 spiro atoms. The maximum atomic E-state index is 11.0. The monoisotopic (exact) mass is 203 g/mol. The predicted octanol–water partition coefficient (Wildman–Crippen LogP) is 0.990. The van der Waals surface area contributed by atoms with Gasteiger partial charge in [0.25, 0.3) is 0 Å². The molecule has 1 atom stereocenters. The molecule has 1 unspecified atom stereocenters. The largest absolute Gasteiger partial charge is 0.480 e. The van der Waals surface area contributed by atoms with Crippen molar-refractivity contribution in [1.82, 2.24) is 5.32 Å². The molecule has 0 aliphatic rings. The van der Waals surface area contributed by atoms with Gasteiger partial charge < -0.3 is 10.2 Å². The average molecular weight is 203 g/mol. The fraction of sp³-hybridized carbons (Fsp3) is 0.900. The van der Waals surface area contributed by atoms with Crippen LogP contribution in [0.2, 0.25) is 0 Å². The second kappa shape index (κ2) is 4.75. The third kappa shape index (κ3) is 4.58. The van der Waals surface area contributed by atoms with Crippen LogP contribution in [0.5, 0.6) is 0 Å². The number of hydrogen-bond acceptors (Lipinski definition) is 3. The predicted molar refractivity (Wildman–Crippen MR) is 55.2 cm³/mol. The number of carbonyl (C=O) groups is 1. The Balaban J connectivity index is 4.31. The number of aliphatic hydroxyl groups is 1. The summed E-state index contributed by atoms with van der Waals surface area (Å²) in [6.45, 7) is 7.15. The molecule has 0 rings (SSSR count). The van der Waals surface area contributed by atoms with Gasteiger partial charge in [-0.05, 0) is 27.2 Å². The van der Waals surface area contributed by atoms with Crippen LogP contribution in [0.1, 0.15) is 40.5 Å². The minimum Gasteiger partial charge on any atom is -0.480 e. The topological polar surface area (TPSA) is 69.6 Å². The van der Waals surface area contributed by atoms with Gasteiger partial charge in [0.15, 0.2) is 0 Å². The molecule has 4 nitrogen and oxygen atoms in total. The summed E-state index contributed by atoms with van der Waals surface area (Å²) in [4.78, 5) is 11.0. The van der Waals surface area contributed by atoms with E-state index in [1.165, 1.54) is 0 Å². The Morgan fingerprint density at radius 3 is 2.14 bits per heavy atom. The van der Waals surface area contributed by atoms with E-state index in [2.05, 4.69) is 5.32 Å². The van der Waals surface area contributed by atoms with Crippen LogP contribution in [0.15, 0.2) is 0 Å². The maximum Gasteiger partial charge on any atom is 0.323 e. The molecule has 0 aromatic rings. The summed E-state index contributed by atoms with van der Waals surface area (Å²) in [5.74, 6) is -0.872. The van der Waals surface area contributed by atoms with Gasteiger partial charge in [0.05, 0.1) is 5.60 Å². The van der Waals surface area contributed by atoms with Crippen molar-refractivity contribution in [2.45, 2.75) is 51.7 Å². The van der Waals surface area contributed by atoms with Gasteiger partial charge in [-0.2, -0.15) is 0 Å². The van der Waals surface area contributed by atoms with Crippen LogP contribution in [0.4, 0.5) is 0 Å². The number of carboxylic acids is 1. The number of nitrogens with one attached hydrogen (secondary N) is 1. The zero-order chi connectivity index (χ0) is 11.4. The molecule has 0 aromatic heterocycles. The number of carboxylic acid groups (broad SMARTS) is 1. The normalized spacial score (nSPS) is 16.4. The van der Waals surface area contributed by atoms with Crippen LogP contribution in [-0.4, -0.2) is 33.9 Å². The zero-order valence-electron chi connectivity index (χ0n) is 9.42. The molecule has 0 radical (unpaired) electrons. The van der Waals surface area contributed by atoms with E-state index >= 15 is 0 Å². The molecule has 3 N–H and O–H groups in total.